The lowest BCUT2D eigenvalue weighted by molar-refractivity contribution is 0.101. The zero-order valence-corrected chi connectivity index (χ0v) is 14.9. The van der Waals surface area contributed by atoms with Crippen LogP contribution < -0.4 is 5.32 Å². The predicted octanol–water partition coefficient (Wildman–Crippen LogP) is 4.80. The van der Waals surface area contributed by atoms with Crippen molar-refractivity contribution in [3.8, 4) is 16.6 Å². The number of anilines is 1. The maximum absolute atomic E-state index is 11.6. The molecular formula is C20H17N3OS. The fourth-order valence-corrected chi connectivity index (χ4v) is 3.49. The van der Waals surface area contributed by atoms with Crippen molar-refractivity contribution in [3.63, 3.8) is 0 Å². The summed E-state index contributed by atoms with van der Waals surface area (Å²) in [6.45, 7) is 4.06. The van der Waals surface area contributed by atoms with Gasteiger partial charge in [-0.25, -0.2) is 4.98 Å². The van der Waals surface area contributed by atoms with E-state index in [2.05, 4.69) is 16.4 Å². The maximum atomic E-state index is 11.6. The monoisotopic (exact) mass is 347 g/mol. The number of Topliss-reactive ketones (excluding diaryl/α,β-unsaturated/α-hetero) is 1. The number of hydrogen-bond donors (Lipinski definition) is 1. The topological polar surface area (TPSA) is 65.8 Å². The molecule has 0 bridgehead atoms. The van der Waals surface area contributed by atoms with Crippen LogP contribution in [0.25, 0.3) is 10.6 Å². The minimum Gasteiger partial charge on any atom is -0.379 e. The number of carbonyl (C=O) groups excluding carboxylic acids is 1. The van der Waals surface area contributed by atoms with Gasteiger partial charge < -0.3 is 5.32 Å². The molecule has 0 spiro atoms. The third kappa shape index (κ3) is 3.76. The number of nitrogens with one attached hydrogen (secondary N) is 1. The molecule has 0 aliphatic heterocycles. The molecule has 0 unspecified atom stereocenters. The molecule has 3 aromatic rings. The Morgan fingerprint density at radius 3 is 2.68 bits per heavy atom. The van der Waals surface area contributed by atoms with E-state index in [1.54, 1.807) is 29.5 Å². The first-order valence-electron chi connectivity index (χ1n) is 7.89. The van der Waals surface area contributed by atoms with Crippen molar-refractivity contribution in [3.05, 3.63) is 70.2 Å². The summed E-state index contributed by atoms with van der Waals surface area (Å²) in [6, 6.07) is 17.3. The zero-order chi connectivity index (χ0) is 17.8. The number of nitrogens with zero attached hydrogens (tertiary/aromatic N) is 2. The molecule has 0 fully saturated rings. The molecule has 0 amide bonds. The molecule has 0 radical (unpaired) electrons. The quantitative estimate of drug-likeness (QED) is 0.673. The van der Waals surface area contributed by atoms with Crippen LogP contribution >= 0.6 is 11.3 Å². The highest BCUT2D eigenvalue weighted by molar-refractivity contribution is 7.15. The van der Waals surface area contributed by atoms with Gasteiger partial charge in [-0.3, -0.25) is 4.79 Å². The van der Waals surface area contributed by atoms with E-state index in [4.69, 9.17) is 0 Å². The second-order valence-electron chi connectivity index (χ2n) is 5.68. The van der Waals surface area contributed by atoms with E-state index < -0.39 is 0 Å². The minimum absolute atomic E-state index is 0.0205. The molecule has 2 aromatic carbocycles. The van der Waals surface area contributed by atoms with Gasteiger partial charge in [-0.15, -0.1) is 11.3 Å². The van der Waals surface area contributed by atoms with Gasteiger partial charge in [0.05, 0.1) is 23.5 Å². The maximum Gasteiger partial charge on any atom is 0.159 e. The summed E-state index contributed by atoms with van der Waals surface area (Å²) in [4.78, 5) is 17.3. The van der Waals surface area contributed by atoms with Crippen LogP contribution in [-0.2, 0) is 6.54 Å². The molecule has 0 atom stereocenters. The fourth-order valence-electron chi connectivity index (χ4n) is 2.48. The third-order valence-electron chi connectivity index (χ3n) is 3.90. The number of benzene rings is 2. The van der Waals surface area contributed by atoms with Gasteiger partial charge in [0, 0.05) is 16.0 Å². The molecule has 1 aromatic heterocycles. The highest BCUT2D eigenvalue weighted by atomic mass is 32.1. The summed E-state index contributed by atoms with van der Waals surface area (Å²) in [5, 5.41) is 13.5. The van der Waals surface area contributed by atoms with E-state index in [9.17, 15) is 10.1 Å². The van der Waals surface area contributed by atoms with Crippen LogP contribution in [0.1, 0.15) is 33.4 Å². The van der Waals surface area contributed by atoms with Gasteiger partial charge in [-0.1, -0.05) is 30.3 Å². The van der Waals surface area contributed by atoms with Gasteiger partial charge in [0.25, 0.3) is 0 Å². The molecule has 0 saturated heterocycles. The fraction of sp³-hybridized carbons (Fsp3) is 0.150. The number of nitriles is 1. The van der Waals surface area contributed by atoms with Crippen molar-refractivity contribution in [2.45, 2.75) is 20.4 Å². The second kappa shape index (κ2) is 7.29. The number of rotatable bonds is 5. The number of aromatic nitrogens is 1. The van der Waals surface area contributed by atoms with Crippen LogP contribution in [0.5, 0.6) is 0 Å². The zero-order valence-electron chi connectivity index (χ0n) is 14.0. The van der Waals surface area contributed by atoms with Gasteiger partial charge in [0.15, 0.2) is 5.78 Å². The van der Waals surface area contributed by atoms with Crippen LogP contribution in [-0.4, -0.2) is 10.8 Å². The van der Waals surface area contributed by atoms with E-state index in [-0.39, 0.29) is 5.78 Å². The van der Waals surface area contributed by atoms with Crippen LogP contribution in [0.4, 0.5) is 5.69 Å². The molecular weight excluding hydrogens is 330 g/mol. The molecule has 0 saturated carbocycles. The summed E-state index contributed by atoms with van der Waals surface area (Å²) >= 11 is 1.63. The lowest BCUT2D eigenvalue weighted by atomic mass is 10.1. The van der Waals surface area contributed by atoms with Crippen molar-refractivity contribution in [2.75, 3.05) is 5.32 Å². The van der Waals surface area contributed by atoms with Crippen LogP contribution in [0.3, 0.4) is 0 Å². The van der Waals surface area contributed by atoms with Crippen molar-refractivity contribution < 1.29 is 4.79 Å². The molecule has 0 aliphatic rings. The number of ketones is 1. The molecule has 5 heteroatoms. The number of thiazole rings is 1. The highest BCUT2D eigenvalue weighted by Crippen LogP contribution is 2.28. The van der Waals surface area contributed by atoms with E-state index >= 15 is 0 Å². The Kier molecular flexibility index (Phi) is 4.92. The van der Waals surface area contributed by atoms with E-state index in [0.717, 1.165) is 21.1 Å². The third-order valence-corrected chi connectivity index (χ3v) is 5.11. The SMILES string of the molecule is CC(=O)c1ccc(C#N)c(NCc2sc(-c3ccccc3)nc2C)c1. The van der Waals surface area contributed by atoms with Gasteiger partial charge in [0.2, 0.25) is 0 Å². The van der Waals surface area contributed by atoms with Crippen molar-refractivity contribution in [1.29, 1.82) is 5.26 Å². The van der Waals surface area contributed by atoms with Gasteiger partial charge in [-0.2, -0.15) is 5.26 Å². The minimum atomic E-state index is -0.0205. The Bertz CT molecular complexity index is 955. The number of carbonyl (C=O) groups is 1. The van der Waals surface area contributed by atoms with Crippen molar-refractivity contribution >= 4 is 22.8 Å². The summed E-state index contributed by atoms with van der Waals surface area (Å²) in [5.41, 5.74) is 3.85. The summed E-state index contributed by atoms with van der Waals surface area (Å²) in [5.74, 6) is -0.0205. The molecule has 124 valence electrons. The molecule has 1 heterocycles. The van der Waals surface area contributed by atoms with E-state index in [1.807, 2.05) is 37.3 Å². The molecule has 3 rings (SSSR count). The Balaban J connectivity index is 1.83. The number of aryl methyl sites for hydroxylation is 1. The molecule has 0 aliphatic carbocycles. The summed E-state index contributed by atoms with van der Waals surface area (Å²) < 4.78 is 0. The van der Waals surface area contributed by atoms with Crippen LogP contribution in [0.15, 0.2) is 48.5 Å². The highest BCUT2D eigenvalue weighted by Gasteiger charge is 2.11. The van der Waals surface area contributed by atoms with Crippen LogP contribution in [0, 0.1) is 18.3 Å². The largest absolute Gasteiger partial charge is 0.379 e. The molecule has 25 heavy (non-hydrogen) atoms. The average Bonchev–Trinajstić information content (AvgIpc) is 3.01. The van der Waals surface area contributed by atoms with Crippen molar-refractivity contribution in [1.82, 2.24) is 4.98 Å². The molecule has 1 N–H and O–H groups in total. The first kappa shape index (κ1) is 16.9. The van der Waals surface area contributed by atoms with E-state index in [1.165, 1.54) is 6.92 Å². The first-order chi connectivity index (χ1) is 12.1. The van der Waals surface area contributed by atoms with E-state index in [0.29, 0.717) is 23.4 Å². The van der Waals surface area contributed by atoms with Gasteiger partial charge in [0.1, 0.15) is 11.1 Å². The lowest BCUT2D eigenvalue weighted by Gasteiger charge is -2.09. The standard InChI is InChI=1S/C20H17N3OS/c1-13-19(25-20(23-13)15-6-4-3-5-7-15)12-22-18-10-16(14(2)24)8-9-17(18)11-21/h3-10,22H,12H2,1-2H3. The first-order valence-corrected chi connectivity index (χ1v) is 8.71. The summed E-state index contributed by atoms with van der Waals surface area (Å²) in [6.07, 6.45) is 0. The smallest absolute Gasteiger partial charge is 0.159 e. The Morgan fingerprint density at radius 2 is 2.00 bits per heavy atom. The second-order valence-corrected chi connectivity index (χ2v) is 6.76. The van der Waals surface area contributed by atoms with Crippen molar-refractivity contribution in [2.24, 2.45) is 0 Å². The normalized spacial score (nSPS) is 10.3. The summed E-state index contributed by atoms with van der Waals surface area (Å²) in [7, 11) is 0. The Morgan fingerprint density at radius 1 is 1.24 bits per heavy atom. The van der Waals surface area contributed by atoms with Crippen LogP contribution in [0.2, 0.25) is 0 Å². The Labute approximate surface area is 150 Å². The van der Waals surface area contributed by atoms with Gasteiger partial charge >= 0.3 is 0 Å². The number of hydrogen-bond acceptors (Lipinski definition) is 5. The molecule has 4 nitrogen and oxygen atoms in total. The Hall–Kier alpha value is -2.97. The van der Waals surface area contributed by atoms with Gasteiger partial charge in [-0.05, 0) is 32.0 Å². The average molecular weight is 347 g/mol. The predicted molar refractivity (Wildman–Crippen MR) is 101 cm³/mol. The lowest BCUT2D eigenvalue weighted by Crippen LogP contribution is -2.03.